The molecule has 6 aromatic rings. The molecular formula is C39H34N2O3S2. The third-order valence-corrected chi connectivity index (χ3v) is 11.2. The van der Waals surface area contributed by atoms with Crippen molar-refractivity contribution in [2.45, 2.75) is 44.0 Å². The molecule has 1 unspecified atom stereocenters. The van der Waals surface area contributed by atoms with Gasteiger partial charge in [-0.3, -0.25) is 4.79 Å². The van der Waals surface area contributed by atoms with E-state index in [2.05, 4.69) is 36.4 Å². The highest BCUT2D eigenvalue weighted by atomic mass is 33.1. The molecule has 5 nitrogen and oxygen atoms in total. The van der Waals surface area contributed by atoms with Crippen molar-refractivity contribution in [3.8, 4) is 34.0 Å². The van der Waals surface area contributed by atoms with Crippen molar-refractivity contribution in [2.24, 2.45) is 0 Å². The molecule has 0 aliphatic carbocycles. The Hall–Kier alpha value is -4.33. The number of rotatable bonds is 11. The smallest absolute Gasteiger partial charge is 0.311 e. The molecule has 230 valence electrons. The van der Waals surface area contributed by atoms with Gasteiger partial charge >= 0.3 is 5.97 Å². The van der Waals surface area contributed by atoms with E-state index in [0.29, 0.717) is 18.8 Å². The van der Waals surface area contributed by atoms with Crippen LogP contribution in [0.3, 0.4) is 0 Å². The summed E-state index contributed by atoms with van der Waals surface area (Å²) in [5, 5.41) is 2.81. The van der Waals surface area contributed by atoms with E-state index in [-0.39, 0.29) is 5.97 Å². The number of unbranched alkanes of at least 4 members (excludes halogenated alkanes) is 1. The van der Waals surface area contributed by atoms with Crippen LogP contribution in [0, 0.1) is 0 Å². The average Bonchev–Trinajstić information content (AvgIpc) is 3.63. The molecule has 3 heterocycles. The van der Waals surface area contributed by atoms with E-state index in [4.69, 9.17) is 19.4 Å². The first-order chi connectivity index (χ1) is 22.7. The number of esters is 1. The van der Waals surface area contributed by atoms with Gasteiger partial charge in [-0.1, -0.05) is 82.6 Å². The first-order valence-electron chi connectivity index (χ1n) is 15.7. The van der Waals surface area contributed by atoms with Gasteiger partial charge in [-0.15, -0.1) is 0 Å². The minimum Gasteiger partial charge on any atom is -0.489 e. The van der Waals surface area contributed by atoms with Gasteiger partial charge in [0, 0.05) is 39.3 Å². The summed E-state index contributed by atoms with van der Waals surface area (Å²) in [4.78, 5) is 22.5. The molecule has 0 amide bonds. The molecule has 0 bridgehead atoms. The second kappa shape index (κ2) is 14.4. The Kier molecular flexibility index (Phi) is 9.49. The van der Waals surface area contributed by atoms with Gasteiger partial charge in [-0.2, -0.15) is 0 Å². The molecule has 1 fully saturated rings. The summed E-state index contributed by atoms with van der Waals surface area (Å²) in [6.07, 6.45) is 4.86. The maximum absolute atomic E-state index is 12.4. The fourth-order valence-corrected chi connectivity index (χ4v) is 8.66. The summed E-state index contributed by atoms with van der Waals surface area (Å²) in [6.45, 7) is 0.529. The first-order valence-corrected chi connectivity index (χ1v) is 18.1. The van der Waals surface area contributed by atoms with Crippen molar-refractivity contribution in [2.75, 3.05) is 5.75 Å². The third-order valence-electron chi connectivity index (χ3n) is 8.18. The van der Waals surface area contributed by atoms with Crippen molar-refractivity contribution >= 4 is 49.4 Å². The highest BCUT2D eigenvalue weighted by Crippen LogP contribution is 2.40. The third kappa shape index (κ3) is 7.38. The number of carbonyl (C=O) groups excluding carboxylic acids is 1. The maximum Gasteiger partial charge on any atom is 0.311 e. The number of hydrogen-bond acceptors (Lipinski definition) is 7. The van der Waals surface area contributed by atoms with E-state index >= 15 is 0 Å². The number of nitrogens with zero attached hydrogens (tertiary/aromatic N) is 2. The van der Waals surface area contributed by atoms with Gasteiger partial charge in [-0.05, 0) is 85.5 Å². The number of hydrogen-bond donors (Lipinski definition) is 0. The van der Waals surface area contributed by atoms with E-state index in [9.17, 15) is 4.79 Å². The second-order valence-corrected chi connectivity index (χ2v) is 14.3. The van der Waals surface area contributed by atoms with Gasteiger partial charge in [0.05, 0.1) is 22.4 Å². The predicted molar refractivity (Wildman–Crippen MR) is 191 cm³/mol. The molecule has 0 radical (unpaired) electrons. The number of fused-ring (bicyclic) bond motifs is 3. The molecule has 0 spiro atoms. The average molecular weight is 643 g/mol. The minimum absolute atomic E-state index is 0.173. The predicted octanol–water partition coefficient (Wildman–Crippen LogP) is 10.3. The largest absolute Gasteiger partial charge is 0.489 e. The molecule has 2 aromatic heterocycles. The zero-order chi connectivity index (χ0) is 31.1. The Morgan fingerprint density at radius 3 is 1.91 bits per heavy atom. The van der Waals surface area contributed by atoms with E-state index in [1.165, 1.54) is 18.6 Å². The van der Waals surface area contributed by atoms with Crippen molar-refractivity contribution in [3.05, 3.63) is 121 Å². The standard InChI is InChI=1S/C39H34N2O3S2/c42-37(9-5-4-8-34-24-25-45-46-34)44-33-20-14-29(15-21-33)36-23-17-31-11-10-30-16-22-35(40-38(30)39(31)41-36)28-12-18-32(19-13-28)43-26-27-6-2-1-3-7-27/h1-3,6-7,10-23,34H,4-5,8-9,24-26H2. The zero-order valence-electron chi connectivity index (χ0n) is 25.4. The summed E-state index contributed by atoms with van der Waals surface area (Å²) in [6, 6.07) is 38.2. The Labute approximate surface area is 277 Å². The fourth-order valence-electron chi connectivity index (χ4n) is 5.63. The van der Waals surface area contributed by atoms with Crippen LogP contribution in [0.25, 0.3) is 44.3 Å². The van der Waals surface area contributed by atoms with E-state index in [1.54, 1.807) is 0 Å². The molecule has 0 N–H and O–H groups in total. The lowest BCUT2D eigenvalue weighted by molar-refractivity contribution is -0.134. The zero-order valence-corrected chi connectivity index (χ0v) is 27.1. The van der Waals surface area contributed by atoms with E-state index in [1.807, 2.05) is 100 Å². The highest BCUT2D eigenvalue weighted by molar-refractivity contribution is 8.77. The van der Waals surface area contributed by atoms with Crippen LogP contribution in [0.5, 0.6) is 11.5 Å². The van der Waals surface area contributed by atoms with E-state index < -0.39 is 0 Å². The maximum atomic E-state index is 12.4. The number of benzene rings is 4. The van der Waals surface area contributed by atoms with Crippen LogP contribution in [0.1, 0.15) is 37.7 Å². The summed E-state index contributed by atoms with van der Waals surface area (Å²) in [7, 11) is 3.96. The van der Waals surface area contributed by atoms with Gasteiger partial charge in [0.1, 0.15) is 18.1 Å². The van der Waals surface area contributed by atoms with E-state index in [0.717, 1.165) is 73.7 Å². The normalized spacial score (nSPS) is 14.5. The first kappa shape index (κ1) is 30.3. The van der Waals surface area contributed by atoms with Gasteiger partial charge in [0.25, 0.3) is 0 Å². The fraction of sp³-hybridized carbons (Fsp3) is 0.205. The lowest BCUT2D eigenvalue weighted by atomic mass is 10.1. The number of pyridine rings is 2. The second-order valence-electron chi connectivity index (χ2n) is 11.5. The van der Waals surface area contributed by atoms with Crippen LogP contribution < -0.4 is 9.47 Å². The lowest BCUT2D eigenvalue weighted by Gasteiger charge is -2.10. The molecular weight excluding hydrogens is 609 g/mol. The van der Waals surface area contributed by atoms with Crippen molar-refractivity contribution in [1.29, 1.82) is 0 Å². The molecule has 46 heavy (non-hydrogen) atoms. The van der Waals surface area contributed by atoms with Gasteiger partial charge in [0.2, 0.25) is 0 Å². The Bertz CT molecular complexity index is 1940. The van der Waals surface area contributed by atoms with Crippen molar-refractivity contribution in [1.82, 2.24) is 9.97 Å². The number of carbonyl (C=O) groups is 1. The van der Waals surface area contributed by atoms with Gasteiger partial charge in [0.15, 0.2) is 0 Å². The number of ether oxygens (including phenoxy) is 2. The van der Waals surface area contributed by atoms with Crippen LogP contribution in [-0.4, -0.2) is 26.9 Å². The molecule has 7 heteroatoms. The molecule has 0 saturated carbocycles. The summed E-state index contributed by atoms with van der Waals surface area (Å²) in [5.41, 5.74) is 6.53. The molecule has 1 atom stereocenters. The quantitative estimate of drug-likeness (QED) is 0.0458. The Morgan fingerprint density at radius 1 is 0.696 bits per heavy atom. The van der Waals surface area contributed by atoms with Crippen LogP contribution in [0.2, 0.25) is 0 Å². The Morgan fingerprint density at radius 2 is 1.30 bits per heavy atom. The van der Waals surface area contributed by atoms with Gasteiger partial charge in [-0.25, -0.2) is 9.97 Å². The molecule has 1 aliphatic rings. The SMILES string of the molecule is O=C(CCCCC1CCSS1)Oc1ccc(-c2ccc3ccc4ccc(-c5ccc(OCc6ccccc6)cc5)nc4c3n2)cc1. The van der Waals surface area contributed by atoms with Crippen molar-refractivity contribution in [3.63, 3.8) is 0 Å². The van der Waals surface area contributed by atoms with Crippen LogP contribution in [0.15, 0.2) is 115 Å². The molecule has 7 rings (SSSR count). The number of aromatic nitrogens is 2. The monoisotopic (exact) mass is 642 g/mol. The molecule has 1 saturated heterocycles. The minimum atomic E-state index is -0.173. The highest BCUT2D eigenvalue weighted by Gasteiger charge is 2.16. The van der Waals surface area contributed by atoms with Crippen LogP contribution in [-0.2, 0) is 11.4 Å². The summed E-state index contributed by atoms with van der Waals surface area (Å²) >= 11 is 0. The topological polar surface area (TPSA) is 61.3 Å². The van der Waals surface area contributed by atoms with Crippen LogP contribution >= 0.6 is 21.6 Å². The Balaban J connectivity index is 1.04. The summed E-state index contributed by atoms with van der Waals surface area (Å²) in [5.74, 6) is 2.45. The lowest BCUT2D eigenvalue weighted by Crippen LogP contribution is -2.08. The van der Waals surface area contributed by atoms with Crippen LogP contribution in [0.4, 0.5) is 0 Å². The van der Waals surface area contributed by atoms with Crippen molar-refractivity contribution < 1.29 is 14.3 Å². The molecule has 4 aromatic carbocycles. The molecule has 1 aliphatic heterocycles. The summed E-state index contributed by atoms with van der Waals surface area (Å²) < 4.78 is 11.6. The van der Waals surface area contributed by atoms with Gasteiger partial charge < -0.3 is 9.47 Å².